The molecule has 1 aromatic carbocycles. The van der Waals surface area contributed by atoms with Gasteiger partial charge in [-0.05, 0) is 12.5 Å². The Morgan fingerprint density at radius 2 is 2.13 bits per heavy atom. The van der Waals surface area contributed by atoms with E-state index in [0.717, 1.165) is 17.1 Å². The summed E-state index contributed by atoms with van der Waals surface area (Å²) >= 11 is 0. The fraction of sp³-hybridized carbons (Fsp3) is 0.455. The van der Waals surface area contributed by atoms with Gasteiger partial charge in [-0.15, -0.1) is 0 Å². The largest absolute Gasteiger partial charge is 0.486 e. The van der Waals surface area contributed by atoms with Crippen molar-refractivity contribution >= 4 is 0 Å². The van der Waals surface area contributed by atoms with Crippen LogP contribution in [-0.2, 0) is 0 Å². The van der Waals surface area contributed by atoms with Crippen molar-refractivity contribution in [3.8, 4) is 11.5 Å². The zero-order valence-electron chi connectivity index (χ0n) is 8.48. The summed E-state index contributed by atoms with van der Waals surface area (Å²) in [4.78, 5) is 0. The van der Waals surface area contributed by atoms with Crippen molar-refractivity contribution in [2.75, 3.05) is 19.8 Å². The van der Waals surface area contributed by atoms with Gasteiger partial charge in [0.05, 0.1) is 0 Å². The second-order valence-electron chi connectivity index (χ2n) is 3.49. The average Bonchev–Trinajstić information content (AvgIpc) is 2.28. The van der Waals surface area contributed by atoms with Crippen molar-refractivity contribution in [3.63, 3.8) is 0 Å². The number of ether oxygens (including phenoxy) is 2. The van der Waals surface area contributed by atoms with Gasteiger partial charge in [-0.1, -0.05) is 12.1 Å². The molecular weight excluding hydrogens is 194 g/mol. The summed E-state index contributed by atoms with van der Waals surface area (Å²) in [5.74, 6) is 1.47. The van der Waals surface area contributed by atoms with Gasteiger partial charge in [0.1, 0.15) is 13.2 Å². The Hall–Kier alpha value is -1.26. The van der Waals surface area contributed by atoms with Crippen LogP contribution in [0.25, 0.3) is 0 Å². The summed E-state index contributed by atoms with van der Waals surface area (Å²) in [5.41, 5.74) is 6.84. The Morgan fingerprint density at radius 3 is 2.93 bits per heavy atom. The van der Waals surface area contributed by atoms with Crippen LogP contribution in [0.15, 0.2) is 18.2 Å². The van der Waals surface area contributed by atoms with Crippen molar-refractivity contribution < 1.29 is 14.6 Å². The van der Waals surface area contributed by atoms with Crippen molar-refractivity contribution in [3.05, 3.63) is 23.8 Å². The number of aliphatic hydroxyl groups excluding tert-OH is 1. The molecule has 1 aliphatic heterocycles. The van der Waals surface area contributed by atoms with Crippen molar-refractivity contribution in [1.29, 1.82) is 0 Å². The van der Waals surface area contributed by atoms with Crippen LogP contribution in [0.3, 0.4) is 0 Å². The van der Waals surface area contributed by atoms with Gasteiger partial charge in [-0.3, -0.25) is 0 Å². The Balaban J connectivity index is 2.30. The first kappa shape index (κ1) is 10.3. The van der Waals surface area contributed by atoms with Crippen LogP contribution >= 0.6 is 0 Å². The van der Waals surface area contributed by atoms with Crippen LogP contribution in [0.2, 0.25) is 0 Å². The number of nitrogens with two attached hydrogens (primary N) is 1. The standard InChI is InChI=1S/C11H15NO3/c12-9(4-5-13)8-2-1-3-10-11(8)15-7-6-14-10/h1-3,9,13H,4-7,12H2. The molecule has 0 fully saturated rings. The Bertz CT molecular complexity index is 341. The van der Waals surface area contributed by atoms with Gasteiger partial charge in [-0.2, -0.15) is 0 Å². The summed E-state index contributed by atoms with van der Waals surface area (Å²) in [6.45, 7) is 1.20. The molecule has 4 heteroatoms. The molecule has 1 aliphatic rings. The van der Waals surface area contributed by atoms with Gasteiger partial charge < -0.3 is 20.3 Å². The highest BCUT2D eigenvalue weighted by Gasteiger charge is 2.19. The molecule has 0 radical (unpaired) electrons. The second-order valence-corrected chi connectivity index (χ2v) is 3.49. The minimum Gasteiger partial charge on any atom is -0.486 e. The third-order valence-corrected chi connectivity index (χ3v) is 2.44. The molecule has 0 spiro atoms. The highest BCUT2D eigenvalue weighted by molar-refractivity contribution is 5.48. The lowest BCUT2D eigenvalue weighted by atomic mass is 10.0. The fourth-order valence-electron chi connectivity index (χ4n) is 1.68. The van der Waals surface area contributed by atoms with Crippen LogP contribution in [0.1, 0.15) is 18.0 Å². The minimum absolute atomic E-state index is 0.0751. The topological polar surface area (TPSA) is 64.7 Å². The predicted octanol–water partition coefficient (Wildman–Crippen LogP) is 0.840. The predicted molar refractivity (Wildman–Crippen MR) is 56.1 cm³/mol. The fourth-order valence-corrected chi connectivity index (χ4v) is 1.68. The third-order valence-electron chi connectivity index (χ3n) is 2.44. The molecule has 0 saturated carbocycles. The Kier molecular flexibility index (Phi) is 3.08. The van der Waals surface area contributed by atoms with Crippen molar-refractivity contribution in [2.45, 2.75) is 12.5 Å². The Morgan fingerprint density at radius 1 is 1.33 bits per heavy atom. The molecule has 0 saturated heterocycles. The van der Waals surface area contributed by atoms with Gasteiger partial charge in [0.25, 0.3) is 0 Å². The molecular formula is C11H15NO3. The normalized spacial score (nSPS) is 16.1. The van der Waals surface area contributed by atoms with Crippen LogP contribution in [-0.4, -0.2) is 24.9 Å². The average molecular weight is 209 g/mol. The maximum atomic E-state index is 8.85. The lowest BCUT2D eigenvalue weighted by Gasteiger charge is -2.23. The molecule has 15 heavy (non-hydrogen) atoms. The summed E-state index contributed by atoms with van der Waals surface area (Å²) in [7, 11) is 0. The number of fused-ring (bicyclic) bond motifs is 1. The molecule has 1 aromatic rings. The van der Waals surface area contributed by atoms with E-state index in [-0.39, 0.29) is 12.6 Å². The number of benzene rings is 1. The van der Waals surface area contributed by atoms with E-state index in [1.807, 2.05) is 18.2 Å². The van der Waals surface area contributed by atoms with Crippen LogP contribution in [0.4, 0.5) is 0 Å². The highest BCUT2D eigenvalue weighted by atomic mass is 16.6. The van der Waals surface area contributed by atoms with Crippen molar-refractivity contribution in [2.24, 2.45) is 5.73 Å². The number of hydrogen-bond donors (Lipinski definition) is 2. The molecule has 4 nitrogen and oxygen atoms in total. The molecule has 1 unspecified atom stereocenters. The first-order chi connectivity index (χ1) is 7.33. The monoisotopic (exact) mass is 209 g/mol. The first-order valence-electron chi connectivity index (χ1n) is 5.08. The van der Waals surface area contributed by atoms with E-state index in [4.69, 9.17) is 20.3 Å². The summed E-state index contributed by atoms with van der Waals surface area (Å²) in [6.07, 6.45) is 0.528. The van der Waals surface area contributed by atoms with Gasteiger partial charge in [-0.25, -0.2) is 0 Å². The van der Waals surface area contributed by atoms with Gasteiger partial charge in [0, 0.05) is 18.2 Å². The molecule has 2 rings (SSSR count). The van der Waals surface area contributed by atoms with Crippen LogP contribution < -0.4 is 15.2 Å². The molecule has 0 bridgehead atoms. The zero-order valence-corrected chi connectivity index (χ0v) is 8.48. The lowest BCUT2D eigenvalue weighted by Crippen LogP contribution is -2.20. The zero-order chi connectivity index (χ0) is 10.7. The minimum atomic E-state index is -0.202. The maximum Gasteiger partial charge on any atom is 0.166 e. The van der Waals surface area contributed by atoms with E-state index in [1.54, 1.807) is 0 Å². The van der Waals surface area contributed by atoms with E-state index in [2.05, 4.69) is 0 Å². The highest BCUT2D eigenvalue weighted by Crippen LogP contribution is 2.36. The van der Waals surface area contributed by atoms with Gasteiger partial charge in [0.2, 0.25) is 0 Å². The van der Waals surface area contributed by atoms with E-state index in [9.17, 15) is 0 Å². The molecule has 1 atom stereocenters. The number of rotatable bonds is 3. The lowest BCUT2D eigenvalue weighted by molar-refractivity contribution is 0.168. The molecule has 3 N–H and O–H groups in total. The van der Waals surface area contributed by atoms with E-state index in [1.165, 1.54) is 0 Å². The number of para-hydroxylation sites is 1. The van der Waals surface area contributed by atoms with E-state index in [0.29, 0.717) is 19.6 Å². The molecule has 0 amide bonds. The third kappa shape index (κ3) is 2.06. The smallest absolute Gasteiger partial charge is 0.166 e. The summed E-state index contributed by atoms with van der Waals surface area (Å²) in [5, 5.41) is 8.85. The van der Waals surface area contributed by atoms with Crippen LogP contribution in [0.5, 0.6) is 11.5 Å². The summed E-state index contributed by atoms with van der Waals surface area (Å²) in [6, 6.07) is 5.46. The van der Waals surface area contributed by atoms with Gasteiger partial charge >= 0.3 is 0 Å². The van der Waals surface area contributed by atoms with E-state index < -0.39 is 0 Å². The quantitative estimate of drug-likeness (QED) is 0.774. The summed E-state index contributed by atoms with van der Waals surface area (Å²) < 4.78 is 11.0. The number of hydrogen-bond acceptors (Lipinski definition) is 4. The van der Waals surface area contributed by atoms with E-state index >= 15 is 0 Å². The first-order valence-corrected chi connectivity index (χ1v) is 5.08. The molecule has 1 heterocycles. The molecule has 0 aliphatic carbocycles. The maximum absolute atomic E-state index is 8.85. The Labute approximate surface area is 88.6 Å². The SMILES string of the molecule is NC(CCO)c1cccc2c1OCCO2. The van der Waals surface area contributed by atoms with Crippen LogP contribution in [0, 0.1) is 0 Å². The van der Waals surface area contributed by atoms with Gasteiger partial charge in [0.15, 0.2) is 11.5 Å². The molecule has 0 aromatic heterocycles. The second kappa shape index (κ2) is 4.51. The number of aliphatic hydroxyl groups is 1. The molecule has 82 valence electrons. The van der Waals surface area contributed by atoms with Crippen molar-refractivity contribution in [1.82, 2.24) is 0 Å².